The van der Waals surface area contributed by atoms with E-state index in [9.17, 15) is 10.1 Å². The normalized spacial score (nSPS) is 11.4. The van der Waals surface area contributed by atoms with E-state index in [1.165, 1.54) is 0 Å². The Hall–Kier alpha value is -2.60. The second-order valence-electron chi connectivity index (χ2n) is 4.97. The molecule has 0 aliphatic heterocycles. The van der Waals surface area contributed by atoms with E-state index in [4.69, 9.17) is 0 Å². The Morgan fingerprint density at radius 1 is 1.10 bits per heavy atom. The van der Waals surface area contributed by atoms with Gasteiger partial charge in [0, 0.05) is 19.2 Å². The maximum Gasteiger partial charge on any atom is 0.253 e. The molecule has 2 aromatic rings. The average molecular weight is 278 g/mol. The topological polar surface area (TPSA) is 44.1 Å². The lowest BCUT2D eigenvalue weighted by atomic mass is 9.97. The molecule has 1 atom stereocenters. The van der Waals surface area contributed by atoms with Gasteiger partial charge in [-0.05, 0) is 24.1 Å². The van der Waals surface area contributed by atoms with Crippen LogP contribution < -0.4 is 0 Å². The first kappa shape index (κ1) is 14.8. The third-order valence-corrected chi connectivity index (χ3v) is 3.48. The first-order valence-corrected chi connectivity index (χ1v) is 6.97. The van der Waals surface area contributed by atoms with Gasteiger partial charge in [-0.15, -0.1) is 0 Å². The molecule has 0 spiro atoms. The van der Waals surface area contributed by atoms with Crippen molar-refractivity contribution >= 4 is 5.91 Å². The Balaban J connectivity index is 1.96. The molecule has 0 bridgehead atoms. The Bertz CT molecular complexity index is 617. The van der Waals surface area contributed by atoms with Crippen LogP contribution in [0.3, 0.4) is 0 Å². The molecule has 0 aliphatic carbocycles. The summed E-state index contributed by atoms with van der Waals surface area (Å²) in [6.07, 6.45) is 0.635. The summed E-state index contributed by atoms with van der Waals surface area (Å²) in [7, 11) is 1.77. The number of nitriles is 1. The van der Waals surface area contributed by atoms with Gasteiger partial charge in [-0.1, -0.05) is 48.5 Å². The summed E-state index contributed by atoms with van der Waals surface area (Å²) in [6.45, 7) is 0.556. The van der Waals surface area contributed by atoms with E-state index in [1.54, 1.807) is 24.1 Å². The smallest absolute Gasteiger partial charge is 0.253 e. The van der Waals surface area contributed by atoms with Crippen molar-refractivity contribution in [2.45, 2.75) is 12.3 Å². The molecule has 0 aliphatic rings. The van der Waals surface area contributed by atoms with E-state index in [-0.39, 0.29) is 11.8 Å². The fourth-order valence-corrected chi connectivity index (χ4v) is 2.22. The molecule has 0 unspecified atom stereocenters. The van der Waals surface area contributed by atoms with Gasteiger partial charge < -0.3 is 4.90 Å². The summed E-state index contributed by atoms with van der Waals surface area (Å²) in [6, 6.07) is 21.2. The average Bonchev–Trinajstić information content (AvgIpc) is 2.56. The molecule has 0 saturated heterocycles. The minimum absolute atomic E-state index is 0.0136. The number of hydrogen-bond acceptors (Lipinski definition) is 2. The van der Waals surface area contributed by atoms with Crippen molar-refractivity contribution in [3.63, 3.8) is 0 Å². The SMILES string of the molecule is CN(CC[C@H](C#N)c1ccccc1)C(=O)c1ccccc1. The van der Waals surface area contributed by atoms with Crippen LogP contribution >= 0.6 is 0 Å². The maximum absolute atomic E-state index is 12.2. The lowest BCUT2D eigenvalue weighted by Gasteiger charge is -2.19. The van der Waals surface area contributed by atoms with Crippen LogP contribution in [0.15, 0.2) is 60.7 Å². The first-order chi connectivity index (χ1) is 10.2. The molecule has 0 N–H and O–H groups in total. The van der Waals surface area contributed by atoms with Gasteiger partial charge >= 0.3 is 0 Å². The summed E-state index contributed by atoms with van der Waals surface area (Å²) in [5, 5.41) is 9.29. The molecule has 0 saturated carbocycles. The molecule has 21 heavy (non-hydrogen) atoms. The van der Waals surface area contributed by atoms with E-state index in [2.05, 4.69) is 6.07 Å². The zero-order valence-electron chi connectivity index (χ0n) is 12.1. The third-order valence-electron chi connectivity index (χ3n) is 3.48. The molecule has 3 heteroatoms. The fraction of sp³-hybridized carbons (Fsp3) is 0.222. The van der Waals surface area contributed by atoms with Crippen LogP contribution in [-0.4, -0.2) is 24.4 Å². The Morgan fingerprint density at radius 2 is 1.67 bits per heavy atom. The van der Waals surface area contributed by atoms with Gasteiger partial charge in [-0.2, -0.15) is 5.26 Å². The van der Waals surface area contributed by atoms with Crippen LogP contribution in [0.1, 0.15) is 28.3 Å². The zero-order chi connectivity index (χ0) is 15.1. The summed E-state index contributed by atoms with van der Waals surface area (Å²) < 4.78 is 0. The fourth-order valence-electron chi connectivity index (χ4n) is 2.22. The van der Waals surface area contributed by atoms with Gasteiger partial charge in [0.05, 0.1) is 12.0 Å². The zero-order valence-corrected chi connectivity index (χ0v) is 12.1. The second kappa shape index (κ2) is 7.25. The number of benzene rings is 2. The number of amides is 1. The maximum atomic E-state index is 12.2. The first-order valence-electron chi connectivity index (χ1n) is 6.97. The highest BCUT2D eigenvalue weighted by molar-refractivity contribution is 5.93. The highest BCUT2D eigenvalue weighted by atomic mass is 16.2. The van der Waals surface area contributed by atoms with Crippen LogP contribution in [0.5, 0.6) is 0 Å². The van der Waals surface area contributed by atoms with Crippen molar-refractivity contribution in [3.05, 3.63) is 71.8 Å². The summed E-state index contributed by atoms with van der Waals surface area (Å²) >= 11 is 0. The summed E-state index contributed by atoms with van der Waals surface area (Å²) in [4.78, 5) is 13.9. The Kier molecular flexibility index (Phi) is 5.11. The van der Waals surface area contributed by atoms with E-state index in [0.717, 1.165) is 5.56 Å². The molecule has 2 aromatic carbocycles. The van der Waals surface area contributed by atoms with Crippen molar-refractivity contribution in [2.75, 3.05) is 13.6 Å². The molecule has 0 radical (unpaired) electrons. The number of carbonyl (C=O) groups is 1. The third kappa shape index (κ3) is 3.93. The van der Waals surface area contributed by atoms with Crippen LogP contribution in [0.2, 0.25) is 0 Å². The molecule has 1 amide bonds. The second-order valence-corrected chi connectivity index (χ2v) is 4.97. The van der Waals surface area contributed by atoms with E-state index in [1.807, 2.05) is 48.5 Å². The highest BCUT2D eigenvalue weighted by Crippen LogP contribution is 2.19. The van der Waals surface area contributed by atoms with Gasteiger partial charge in [0.2, 0.25) is 0 Å². The number of nitrogens with zero attached hydrogens (tertiary/aromatic N) is 2. The van der Waals surface area contributed by atoms with Gasteiger partial charge in [0.1, 0.15) is 0 Å². The van der Waals surface area contributed by atoms with Gasteiger partial charge in [0.15, 0.2) is 0 Å². The van der Waals surface area contributed by atoms with E-state index in [0.29, 0.717) is 18.5 Å². The number of carbonyl (C=O) groups excluding carboxylic acids is 1. The minimum atomic E-state index is -0.183. The van der Waals surface area contributed by atoms with E-state index >= 15 is 0 Å². The molecule has 2 rings (SSSR count). The van der Waals surface area contributed by atoms with Crippen molar-refractivity contribution in [1.29, 1.82) is 5.26 Å². The van der Waals surface area contributed by atoms with Crippen molar-refractivity contribution in [2.24, 2.45) is 0 Å². The molecule has 0 fully saturated rings. The monoisotopic (exact) mass is 278 g/mol. The van der Waals surface area contributed by atoms with Crippen molar-refractivity contribution in [1.82, 2.24) is 4.90 Å². The standard InChI is InChI=1S/C18H18N2O/c1-20(18(21)16-10-6-3-7-11-16)13-12-17(14-19)15-8-4-2-5-9-15/h2-11,17H,12-13H2,1H3/t17-/m1/s1. The largest absolute Gasteiger partial charge is 0.342 e. The lowest BCUT2D eigenvalue weighted by Crippen LogP contribution is -2.28. The molecule has 106 valence electrons. The van der Waals surface area contributed by atoms with Crippen LogP contribution in [0, 0.1) is 11.3 Å². The molecule has 3 nitrogen and oxygen atoms in total. The van der Waals surface area contributed by atoms with Gasteiger partial charge in [-0.3, -0.25) is 4.79 Å². The van der Waals surface area contributed by atoms with E-state index < -0.39 is 0 Å². The summed E-state index contributed by atoms with van der Waals surface area (Å²) in [5.41, 5.74) is 1.67. The Morgan fingerprint density at radius 3 is 2.24 bits per heavy atom. The van der Waals surface area contributed by atoms with Gasteiger partial charge in [-0.25, -0.2) is 0 Å². The van der Waals surface area contributed by atoms with Crippen LogP contribution in [-0.2, 0) is 0 Å². The molecular formula is C18H18N2O. The van der Waals surface area contributed by atoms with Crippen molar-refractivity contribution in [3.8, 4) is 6.07 Å². The quantitative estimate of drug-likeness (QED) is 0.840. The predicted molar refractivity (Wildman–Crippen MR) is 82.8 cm³/mol. The predicted octanol–water partition coefficient (Wildman–Crippen LogP) is 3.46. The van der Waals surface area contributed by atoms with Crippen molar-refractivity contribution < 1.29 is 4.79 Å². The van der Waals surface area contributed by atoms with Crippen LogP contribution in [0.25, 0.3) is 0 Å². The highest BCUT2D eigenvalue weighted by Gasteiger charge is 2.15. The molecule has 0 heterocycles. The minimum Gasteiger partial charge on any atom is -0.342 e. The summed E-state index contributed by atoms with van der Waals surface area (Å²) in [5.74, 6) is -0.197. The Labute approximate surface area is 125 Å². The molecule has 0 aromatic heterocycles. The lowest BCUT2D eigenvalue weighted by molar-refractivity contribution is 0.0792. The molecular weight excluding hydrogens is 260 g/mol. The number of rotatable bonds is 5. The van der Waals surface area contributed by atoms with Gasteiger partial charge in [0.25, 0.3) is 5.91 Å². The number of hydrogen-bond donors (Lipinski definition) is 0. The van der Waals surface area contributed by atoms with Crippen LogP contribution in [0.4, 0.5) is 0 Å².